The van der Waals surface area contributed by atoms with Gasteiger partial charge >= 0.3 is 0 Å². The van der Waals surface area contributed by atoms with Crippen molar-refractivity contribution >= 4 is 21.5 Å². The highest BCUT2D eigenvalue weighted by Gasteiger charge is 2.21. The van der Waals surface area contributed by atoms with Crippen LogP contribution in [-0.2, 0) is 16.6 Å². The smallest absolute Gasteiger partial charge is 0.267 e. The lowest BCUT2D eigenvalue weighted by Crippen LogP contribution is -2.13. The van der Waals surface area contributed by atoms with Gasteiger partial charge < -0.3 is 5.73 Å². The highest BCUT2D eigenvalue weighted by molar-refractivity contribution is 7.92. The Kier molecular flexibility index (Phi) is 3.63. The summed E-state index contributed by atoms with van der Waals surface area (Å²) in [6.07, 6.45) is 1.38. The molecule has 2 rings (SSSR count). The Bertz CT molecular complexity index is 756. The molecule has 0 aliphatic heterocycles. The third-order valence-electron chi connectivity index (χ3n) is 2.63. The van der Waals surface area contributed by atoms with Gasteiger partial charge in [-0.05, 0) is 31.2 Å². The molecule has 0 bridgehead atoms. The topological polar surface area (TPSA) is 114 Å². The number of nitrogens with zero attached hydrogens (tertiary/aromatic N) is 3. The standard InChI is InChI=1S/C12H13N5O2S/c1-2-17-8-11(12(14)15-17)20(18,19)16-10-5-3-9(7-13)4-6-10/h3-6,8,16H,2H2,1H3,(H2,14,15). The molecule has 1 aromatic heterocycles. The van der Waals surface area contributed by atoms with Crippen molar-refractivity contribution in [1.82, 2.24) is 9.78 Å². The van der Waals surface area contributed by atoms with Gasteiger partial charge in [-0.3, -0.25) is 9.40 Å². The second kappa shape index (κ2) is 5.22. The third-order valence-corrected chi connectivity index (χ3v) is 4.03. The molecule has 0 radical (unpaired) electrons. The van der Waals surface area contributed by atoms with Crippen LogP contribution in [0.15, 0.2) is 35.4 Å². The summed E-state index contributed by atoms with van der Waals surface area (Å²) in [7, 11) is -3.79. The van der Waals surface area contributed by atoms with Gasteiger partial charge in [-0.2, -0.15) is 10.4 Å². The number of sulfonamides is 1. The summed E-state index contributed by atoms with van der Waals surface area (Å²) in [5.41, 5.74) is 6.41. The fourth-order valence-corrected chi connectivity index (χ4v) is 2.74. The van der Waals surface area contributed by atoms with E-state index >= 15 is 0 Å². The van der Waals surface area contributed by atoms with E-state index in [1.165, 1.54) is 35.1 Å². The molecule has 0 atom stereocenters. The van der Waals surface area contributed by atoms with E-state index in [9.17, 15) is 8.42 Å². The molecular weight excluding hydrogens is 278 g/mol. The number of nitrogens with one attached hydrogen (secondary N) is 1. The number of aromatic nitrogens is 2. The van der Waals surface area contributed by atoms with Gasteiger partial charge in [0.05, 0.1) is 11.6 Å². The summed E-state index contributed by atoms with van der Waals surface area (Å²) >= 11 is 0. The van der Waals surface area contributed by atoms with Crippen molar-refractivity contribution in [3.8, 4) is 6.07 Å². The fourth-order valence-electron chi connectivity index (χ4n) is 1.61. The van der Waals surface area contributed by atoms with E-state index in [0.29, 0.717) is 17.8 Å². The van der Waals surface area contributed by atoms with E-state index in [1.807, 2.05) is 13.0 Å². The molecule has 0 aliphatic rings. The second-order valence-electron chi connectivity index (χ2n) is 4.03. The molecule has 104 valence electrons. The quantitative estimate of drug-likeness (QED) is 0.877. The van der Waals surface area contributed by atoms with Crippen molar-refractivity contribution in [3.63, 3.8) is 0 Å². The second-order valence-corrected chi connectivity index (χ2v) is 5.68. The van der Waals surface area contributed by atoms with Crippen molar-refractivity contribution in [2.75, 3.05) is 10.5 Å². The van der Waals surface area contributed by atoms with E-state index in [0.717, 1.165) is 0 Å². The van der Waals surface area contributed by atoms with Gasteiger partial charge in [-0.25, -0.2) is 8.42 Å². The third kappa shape index (κ3) is 2.73. The normalized spacial score (nSPS) is 11.0. The van der Waals surface area contributed by atoms with E-state index < -0.39 is 10.0 Å². The number of hydrogen-bond donors (Lipinski definition) is 2. The van der Waals surface area contributed by atoms with Crippen LogP contribution in [0.1, 0.15) is 12.5 Å². The number of hydrogen-bond acceptors (Lipinski definition) is 5. The molecule has 0 fully saturated rings. The number of aryl methyl sites for hydroxylation is 1. The predicted octanol–water partition coefficient (Wildman–Crippen LogP) is 1.16. The lowest BCUT2D eigenvalue weighted by Gasteiger charge is -2.06. The van der Waals surface area contributed by atoms with Crippen molar-refractivity contribution < 1.29 is 8.42 Å². The van der Waals surface area contributed by atoms with Crippen LogP contribution in [0.2, 0.25) is 0 Å². The maximum atomic E-state index is 12.2. The molecule has 1 aromatic carbocycles. The maximum Gasteiger partial charge on any atom is 0.267 e. The minimum Gasteiger partial charge on any atom is -0.381 e. The lowest BCUT2D eigenvalue weighted by molar-refractivity contribution is 0.600. The van der Waals surface area contributed by atoms with Crippen LogP contribution in [0, 0.1) is 11.3 Å². The molecule has 2 aromatic rings. The molecule has 0 saturated carbocycles. The van der Waals surface area contributed by atoms with Gasteiger partial charge in [0.25, 0.3) is 10.0 Å². The van der Waals surface area contributed by atoms with Crippen LogP contribution >= 0.6 is 0 Å². The summed E-state index contributed by atoms with van der Waals surface area (Å²) in [6.45, 7) is 2.35. The number of anilines is 2. The summed E-state index contributed by atoms with van der Waals surface area (Å²) in [5.74, 6) is -0.0482. The van der Waals surface area contributed by atoms with E-state index in [2.05, 4.69) is 9.82 Å². The zero-order valence-electron chi connectivity index (χ0n) is 10.7. The van der Waals surface area contributed by atoms with Crippen LogP contribution in [0.5, 0.6) is 0 Å². The van der Waals surface area contributed by atoms with E-state index in [-0.39, 0.29) is 10.7 Å². The molecule has 0 spiro atoms. The van der Waals surface area contributed by atoms with Gasteiger partial charge in [0.15, 0.2) is 5.82 Å². The average Bonchev–Trinajstić information content (AvgIpc) is 2.81. The SMILES string of the molecule is CCn1cc(S(=O)(=O)Nc2ccc(C#N)cc2)c(N)n1. The van der Waals surface area contributed by atoms with Gasteiger partial charge in [-0.1, -0.05) is 0 Å². The predicted molar refractivity (Wildman–Crippen MR) is 74.3 cm³/mol. The first-order valence-electron chi connectivity index (χ1n) is 5.82. The molecule has 0 amide bonds. The Labute approximate surface area is 116 Å². The fraction of sp³-hybridized carbons (Fsp3) is 0.167. The molecule has 7 nitrogen and oxygen atoms in total. The van der Waals surface area contributed by atoms with Crippen molar-refractivity contribution in [3.05, 3.63) is 36.0 Å². The number of nitrogens with two attached hydrogens (primary N) is 1. The summed E-state index contributed by atoms with van der Waals surface area (Å²) < 4.78 is 28.2. The van der Waals surface area contributed by atoms with Crippen molar-refractivity contribution in [2.24, 2.45) is 0 Å². The van der Waals surface area contributed by atoms with Gasteiger partial charge in [0.2, 0.25) is 0 Å². The minimum absolute atomic E-state index is 0.0482. The lowest BCUT2D eigenvalue weighted by atomic mass is 10.2. The monoisotopic (exact) mass is 291 g/mol. The Morgan fingerprint density at radius 3 is 2.55 bits per heavy atom. The Morgan fingerprint density at radius 1 is 1.40 bits per heavy atom. The molecule has 0 aliphatic carbocycles. The van der Waals surface area contributed by atoms with Gasteiger partial charge in [0, 0.05) is 18.4 Å². The van der Waals surface area contributed by atoms with E-state index in [1.54, 1.807) is 0 Å². The number of rotatable bonds is 4. The highest BCUT2D eigenvalue weighted by Crippen LogP contribution is 2.20. The molecular formula is C12H13N5O2S. The van der Waals surface area contributed by atoms with Crippen LogP contribution in [-0.4, -0.2) is 18.2 Å². The van der Waals surface area contributed by atoms with Crippen LogP contribution in [0.25, 0.3) is 0 Å². The minimum atomic E-state index is -3.79. The largest absolute Gasteiger partial charge is 0.381 e. The number of benzene rings is 1. The Balaban J connectivity index is 2.30. The van der Waals surface area contributed by atoms with Crippen LogP contribution in [0.3, 0.4) is 0 Å². The average molecular weight is 291 g/mol. The first-order chi connectivity index (χ1) is 9.46. The van der Waals surface area contributed by atoms with E-state index in [4.69, 9.17) is 11.0 Å². The Morgan fingerprint density at radius 2 is 2.05 bits per heavy atom. The number of nitrogen functional groups attached to an aromatic ring is 1. The number of nitriles is 1. The molecule has 0 saturated heterocycles. The Hall–Kier alpha value is -2.53. The van der Waals surface area contributed by atoms with Crippen molar-refractivity contribution in [1.29, 1.82) is 5.26 Å². The molecule has 20 heavy (non-hydrogen) atoms. The van der Waals surface area contributed by atoms with Crippen LogP contribution in [0.4, 0.5) is 11.5 Å². The van der Waals surface area contributed by atoms with Gasteiger partial charge in [-0.15, -0.1) is 0 Å². The van der Waals surface area contributed by atoms with Crippen molar-refractivity contribution in [2.45, 2.75) is 18.4 Å². The maximum absolute atomic E-state index is 12.2. The van der Waals surface area contributed by atoms with Crippen LogP contribution < -0.4 is 10.5 Å². The summed E-state index contributed by atoms with van der Waals surface area (Å²) in [6, 6.07) is 8.03. The zero-order chi connectivity index (χ0) is 14.8. The molecule has 1 heterocycles. The first kappa shape index (κ1) is 13.9. The zero-order valence-corrected chi connectivity index (χ0v) is 11.6. The summed E-state index contributed by atoms with van der Waals surface area (Å²) in [5, 5.41) is 12.6. The highest BCUT2D eigenvalue weighted by atomic mass is 32.2. The molecule has 3 N–H and O–H groups in total. The summed E-state index contributed by atoms with van der Waals surface area (Å²) in [4.78, 5) is -0.0660. The van der Waals surface area contributed by atoms with Gasteiger partial charge in [0.1, 0.15) is 4.90 Å². The first-order valence-corrected chi connectivity index (χ1v) is 7.30. The molecule has 0 unspecified atom stereocenters. The molecule has 8 heteroatoms.